The number of halogens is 1. The molecular weight excluding hydrogens is 361 g/mol. The third kappa shape index (κ3) is 3.77. The number of anilines is 1. The molecule has 2 aromatic carbocycles. The van der Waals surface area contributed by atoms with E-state index in [-0.39, 0.29) is 12.4 Å². The molecule has 0 unspecified atom stereocenters. The summed E-state index contributed by atoms with van der Waals surface area (Å²) in [5.41, 5.74) is 9.18. The number of nitrogens with zero attached hydrogens (tertiary/aromatic N) is 4. The van der Waals surface area contributed by atoms with Gasteiger partial charge in [0.05, 0.1) is 19.5 Å². The molecule has 8 heteroatoms. The molecule has 0 radical (unpaired) electrons. The van der Waals surface area contributed by atoms with Gasteiger partial charge in [-0.05, 0) is 28.8 Å². The fourth-order valence-electron chi connectivity index (χ4n) is 2.97. The van der Waals surface area contributed by atoms with E-state index in [0.29, 0.717) is 30.1 Å². The molecule has 28 heavy (non-hydrogen) atoms. The van der Waals surface area contributed by atoms with Crippen LogP contribution in [-0.4, -0.2) is 24.6 Å². The number of hydrogen-bond acceptors (Lipinski definition) is 6. The minimum atomic E-state index is -0.881. The summed E-state index contributed by atoms with van der Waals surface area (Å²) in [4.78, 5) is 11.5. The Balaban J connectivity index is 1.51. The fraction of sp³-hybridized carbons (Fsp3) is 0.150. The highest BCUT2D eigenvalue weighted by Crippen LogP contribution is 2.20. The van der Waals surface area contributed by atoms with Gasteiger partial charge in [0, 0.05) is 0 Å². The minimum Gasteiger partial charge on any atom is -0.489 e. The Morgan fingerprint density at radius 2 is 1.82 bits per heavy atom. The number of ether oxygens (including phenoxy) is 1. The van der Waals surface area contributed by atoms with Crippen molar-refractivity contribution in [3.05, 3.63) is 77.6 Å². The van der Waals surface area contributed by atoms with Gasteiger partial charge < -0.3 is 20.1 Å². The van der Waals surface area contributed by atoms with E-state index < -0.39 is 6.08 Å². The first-order valence-corrected chi connectivity index (χ1v) is 8.66. The molecule has 0 spiro atoms. The molecular formula is C20H18FN5O2. The van der Waals surface area contributed by atoms with Gasteiger partial charge in [-0.3, -0.25) is 0 Å². The molecule has 2 heterocycles. The molecule has 0 saturated carbocycles. The second kappa shape index (κ2) is 7.61. The highest BCUT2D eigenvalue weighted by molar-refractivity contribution is 5.81. The Morgan fingerprint density at radius 3 is 2.68 bits per heavy atom. The average molecular weight is 379 g/mol. The molecule has 0 fully saturated rings. The first kappa shape index (κ1) is 17.9. The molecule has 2 aromatic heterocycles. The van der Waals surface area contributed by atoms with Gasteiger partial charge in [0.15, 0.2) is 11.5 Å². The normalized spacial score (nSPS) is 11.1. The van der Waals surface area contributed by atoms with Crippen molar-refractivity contribution in [1.82, 2.24) is 19.5 Å². The first-order valence-electron chi connectivity index (χ1n) is 8.66. The third-order valence-corrected chi connectivity index (χ3v) is 4.29. The number of hydrogen-bond donors (Lipinski definition) is 2. The maximum absolute atomic E-state index is 13.5. The zero-order chi connectivity index (χ0) is 19.5. The molecule has 4 rings (SSSR count). The first-order chi connectivity index (χ1) is 13.6. The number of aliphatic hydroxyl groups is 1. The summed E-state index contributed by atoms with van der Waals surface area (Å²) in [5.74, 6) is 0.722. The Bertz CT molecular complexity index is 1130. The number of fused-ring (bicyclic) bond motifs is 1. The second-order valence-electron chi connectivity index (χ2n) is 6.34. The van der Waals surface area contributed by atoms with E-state index in [0.717, 1.165) is 16.7 Å². The predicted octanol–water partition coefficient (Wildman–Crippen LogP) is 2.67. The van der Waals surface area contributed by atoms with Crippen molar-refractivity contribution in [2.75, 3.05) is 5.73 Å². The number of nitrogens with two attached hydrogens (primary N) is 1. The molecule has 4 aromatic rings. The average Bonchev–Trinajstić information content (AvgIpc) is 3.10. The van der Waals surface area contributed by atoms with E-state index in [9.17, 15) is 9.50 Å². The van der Waals surface area contributed by atoms with Gasteiger partial charge in [-0.15, -0.1) is 0 Å². The van der Waals surface area contributed by atoms with E-state index in [1.807, 2.05) is 48.5 Å². The van der Waals surface area contributed by atoms with Gasteiger partial charge in [0.2, 0.25) is 0 Å². The number of nitrogen functional groups attached to an aromatic ring is 1. The van der Waals surface area contributed by atoms with Gasteiger partial charge in [-0.1, -0.05) is 36.4 Å². The Hall–Kier alpha value is -3.52. The van der Waals surface area contributed by atoms with Crippen LogP contribution in [0.4, 0.5) is 10.2 Å². The van der Waals surface area contributed by atoms with E-state index >= 15 is 0 Å². The van der Waals surface area contributed by atoms with E-state index in [4.69, 9.17) is 10.5 Å². The van der Waals surface area contributed by atoms with Crippen LogP contribution < -0.4 is 10.5 Å². The largest absolute Gasteiger partial charge is 0.489 e. The smallest absolute Gasteiger partial charge is 0.312 e. The summed E-state index contributed by atoms with van der Waals surface area (Å²) in [7, 11) is 0. The highest BCUT2D eigenvalue weighted by Gasteiger charge is 2.11. The highest BCUT2D eigenvalue weighted by atomic mass is 19.1. The van der Waals surface area contributed by atoms with Crippen LogP contribution in [0.3, 0.4) is 0 Å². The molecule has 0 aliphatic rings. The van der Waals surface area contributed by atoms with Crippen molar-refractivity contribution in [1.29, 1.82) is 0 Å². The molecule has 0 bridgehead atoms. The van der Waals surface area contributed by atoms with Gasteiger partial charge in [-0.25, -0.2) is 4.98 Å². The Labute approximate surface area is 160 Å². The van der Waals surface area contributed by atoms with Crippen LogP contribution >= 0.6 is 0 Å². The summed E-state index contributed by atoms with van der Waals surface area (Å²) in [6.07, 6.45) is 0.678. The SMILES string of the molecule is Nc1nc(F)nc2c1ncn2Cc1cccc(OCc2cccc(CO)c2)c1. The topological polar surface area (TPSA) is 99.1 Å². The summed E-state index contributed by atoms with van der Waals surface area (Å²) in [6.45, 7) is 0.820. The number of aliphatic hydroxyl groups excluding tert-OH is 1. The summed E-state index contributed by atoms with van der Waals surface area (Å²) in [6, 6.07) is 15.2. The van der Waals surface area contributed by atoms with Crippen LogP contribution in [0, 0.1) is 6.08 Å². The minimum absolute atomic E-state index is 0.00312. The lowest BCUT2D eigenvalue weighted by Gasteiger charge is -2.10. The van der Waals surface area contributed by atoms with Crippen molar-refractivity contribution in [3.8, 4) is 5.75 Å². The zero-order valence-electron chi connectivity index (χ0n) is 14.9. The molecule has 0 atom stereocenters. The van der Waals surface area contributed by atoms with Crippen molar-refractivity contribution in [2.24, 2.45) is 0 Å². The molecule has 142 valence electrons. The summed E-state index contributed by atoms with van der Waals surface area (Å²) >= 11 is 0. The van der Waals surface area contributed by atoms with Gasteiger partial charge in [0.25, 0.3) is 0 Å². The van der Waals surface area contributed by atoms with Crippen molar-refractivity contribution in [2.45, 2.75) is 19.8 Å². The number of benzene rings is 2. The van der Waals surface area contributed by atoms with Crippen LogP contribution in [0.25, 0.3) is 11.2 Å². The summed E-state index contributed by atoms with van der Waals surface area (Å²) in [5, 5.41) is 9.23. The monoisotopic (exact) mass is 379 g/mol. The van der Waals surface area contributed by atoms with Gasteiger partial charge in [0.1, 0.15) is 17.9 Å². The van der Waals surface area contributed by atoms with Crippen LogP contribution in [-0.2, 0) is 19.8 Å². The van der Waals surface area contributed by atoms with Crippen molar-refractivity contribution >= 4 is 17.0 Å². The predicted molar refractivity (Wildman–Crippen MR) is 102 cm³/mol. The van der Waals surface area contributed by atoms with E-state index in [2.05, 4.69) is 15.0 Å². The Morgan fingerprint density at radius 1 is 1.04 bits per heavy atom. The molecule has 0 aliphatic heterocycles. The number of imidazole rings is 1. The van der Waals surface area contributed by atoms with Crippen LogP contribution in [0.15, 0.2) is 54.9 Å². The van der Waals surface area contributed by atoms with E-state index in [1.165, 1.54) is 0 Å². The summed E-state index contributed by atoms with van der Waals surface area (Å²) < 4.78 is 21.1. The number of rotatable bonds is 6. The number of aromatic nitrogens is 4. The van der Waals surface area contributed by atoms with Crippen LogP contribution in [0.5, 0.6) is 5.75 Å². The maximum Gasteiger partial charge on any atom is 0.312 e. The second-order valence-corrected chi connectivity index (χ2v) is 6.34. The zero-order valence-corrected chi connectivity index (χ0v) is 14.9. The molecule has 0 amide bonds. The molecule has 3 N–H and O–H groups in total. The lowest BCUT2D eigenvalue weighted by molar-refractivity contribution is 0.280. The molecule has 0 aliphatic carbocycles. The third-order valence-electron chi connectivity index (χ3n) is 4.29. The lowest BCUT2D eigenvalue weighted by atomic mass is 10.1. The van der Waals surface area contributed by atoms with Gasteiger partial charge >= 0.3 is 6.08 Å². The van der Waals surface area contributed by atoms with Crippen LogP contribution in [0.2, 0.25) is 0 Å². The van der Waals surface area contributed by atoms with Crippen molar-refractivity contribution < 1.29 is 14.2 Å². The lowest BCUT2D eigenvalue weighted by Crippen LogP contribution is -2.03. The van der Waals surface area contributed by atoms with E-state index in [1.54, 1.807) is 10.9 Å². The molecule has 7 nitrogen and oxygen atoms in total. The maximum atomic E-state index is 13.5. The molecule has 0 saturated heterocycles. The van der Waals surface area contributed by atoms with Crippen molar-refractivity contribution in [3.63, 3.8) is 0 Å². The quantitative estimate of drug-likeness (QED) is 0.500. The Kier molecular flexibility index (Phi) is 4.86. The van der Waals surface area contributed by atoms with Gasteiger partial charge in [-0.2, -0.15) is 14.4 Å². The standard InChI is InChI=1S/C20H18FN5O2/c21-20-24-18(22)17-19(25-20)26(12-23-17)9-13-3-2-6-16(8-13)28-11-15-5-1-4-14(7-15)10-27/h1-8,12,27H,9-11H2,(H2,22,24,25). The van der Waals surface area contributed by atoms with Crippen LogP contribution in [0.1, 0.15) is 16.7 Å². The fourth-order valence-corrected chi connectivity index (χ4v) is 2.97.